The van der Waals surface area contributed by atoms with Gasteiger partial charge in [-0.1, -0.05) is 11.6 Å². The molecule has 0 bridgehead atoms. The van der Waals surface area contributed by atoms with Crippen LogP contribution in [0.5, 0.6) is 0 Å². The molecule has 118 valence electrons. The second-order valence-corrected chi connectivity index (χ2v) is 6.71. The normalized spacial score (nSPS) is 11.4. The van der Waals surface area contributed by atoms with Crippen LogP contribution in [0.25, 0.3) is 10.1 Å². The van der Waals surface area contributed by atoms with Gasteiger partial charge < -0.3 is 19.9 Å². The van der Waals surface area contributed by atoms with Crippen LogP contribution in [0, 0.1) is 6.92 Å². The van der Waals surface area contributed by atoms with Crippen molar-refractivity contribution in [2.24, 2.45) is 5.73 Å². The molecule has 0 spiro atoms. The van der Waals surface area contributed by atoms with Gasteiger partial charge in [0.2, 0.25) is 0 Å². The van der Waals surface area contributed by atoms with E-state index in [4.69, 9.17) is 26.6 Å². The molecule has 0 aliphatic carbocycles. The van der Waals surface area contributed by atoms with E-state index in [-0.39, 0.29) is 13.6 Å². The Labute approximate surface area is 141 Å². The summed E-state index contributed by atoms with van der Waals surface area (Å²) in [7, 11) is 4.31. The number of aryl methyl sites for hydroxylation is 1. The van der Waals surface area contributed by atoms with Crippen LogP contribution in [-0.4, -0.2) is 46.8 Å². The Morgan fingerprint density at radius 3 is 2.91 bits per heavy atom. The zero-order valence-electron chi connectivity index (χ0n) is 13.3. The number of nitrogens with zero attached hydrogens (tertiary/aromatic N) is 1. The van der Waals surface area contributed by atoms with E-state index in [2.05, 4.69) is 17.1 Å². The van der Waals surface area contributed by atoms with Gasteiger partial charge in [-0.25, -0.2) is 0 Å². The topological polar surface area (TPSA) is 47.7 Å². The summed E-state index contributed by atoms with van der Waals surface area (Å²) < 4.78 is 12.2. The first-order valence-electron chi connectivity index (χ1n) is 7.23. The lowest BCUT2D eigenvalue weighted by molar-refractivity contribution is 0.332. The minimum Gasteiger partial charge on any atom is -0.427 e. The third-order valence-corrected chi connectivity index (χ3v) is 5.01. The van der Waals surface area contributed by atoms with Crippen LogP contribution in [-0.2, 0) is 9.31 Å². The maximum absolute atomic E-state index is 6.30. The van der Waals surface area contributed by atoms with Crippen molar-refractivity contribution >= 4 is 53.0 Å². The zero-order valence-corrected chi connectivity index (χ0v) is 14.8. The van der Waals surface area contributed by atoms with Crippen molar-refractivity contribution in [2.75, 3.05) is 27.4 Å². The van der Waals surface area contributed by atoms with Crippen molar-refractivity contribution in [3.05, 3.63) is 28.1 Å². The lowest BCUT2D eigenvalue weighted by Crippen LogP contribution is -2.39. The molecule has 4 nitrogen and oxygen atoms in total. The summed E-state index contributed by atoms with van der Waals surface area (Å²) in [6.07, 6.45) is 0.837. The number of nitrogens with two attached hydrogens (primary N) is 1. The Morgan fingerprint density at radius 1 is 1.45 bits per heavy atom. The van der Waals surface area contributed by atoms with Crippen molar-refractivity contribution in [3.63, 3.8) is 0 Å². The molecular weight excluding hydrogens is 317 g/mol. The lowest BCUT2D eigenvalue weighted by atomic mass is 9.57. The van der Waals surface area contributed by atoms with Crippen molar-refractivity contribution in [3.8, 4) is 0 Å². The first kappa shape index (κ1) is 17.8. The van der Waals surface area contributed by atoms with Gasteiger partial charge >= 0.3 is 14.5 Å². The van der Waals surface area contributed by atoms with E-state index >= 15 is 0 Å². The molecule has 1 aromatic heterocycles. The van der Waals surface area contributed by atoms with Crippen molar-refractivity contribution in [1.82, 2.24) is 4.81 Å². The summed E-state index contributed by atoms with van der Waals surface area (Å²) in [5.74, 6) is 0. The summed E-state index contributed by atoms with van der Waals surface area (Å²) >= 11 is 8.03. The van der Waals surface area contributed by atoms with Crippen LogP contribution < -0.4 is 11.2 Å². The molecule has 1 heterocycles. The molecule has 2 N–H and O–H groups in total. The van der Waals surface area contributed by atoms with Gasteiger partial charge in [-0.3, -0.25) is 0 Å². The van der Waals surface area contributed by atoms with Crippen LogP contribution in [0.2, 0.25) is 11.3 Å². The number of hydrogen-bond acceptors (Lipinski definition) is 5. The van der Waals surface area contributed by atoms with Gasteiger partial charge in [0.05, 0.1) is 6.73 Å². The molecule has 0 aliphatic rings. The van der Waals surface area contributed by atoms with Crippen LogP contribution in [0.4, 0.5) is 0 Å². The highest BCUT2D eigenvalue weighted by Crippen LogP contribution is 2.27. The highest BCUT2D eigenvalue weighted by molar-refractivity contribution is 7.19. The van der Waals surface area contributed by atoms with Crippen molar-refractivity contribution in [2.45, 2.75) is 13.2 Å². The fraction of sp³-hybridized carbons (Fsp3) is 0.429. The van der Waals surface area contributed by atoms with Crippen LogP contribution >= 0.6 is 22.9 Å². The van der Waals surface area contributed by atoms with Gasteiger partial charge in [0.25, 0.3) is 0 Å². The van der Waals surface area contributed by atoms with Gasteiger partial charge in [-0.15, -0.1) is 11.3 Å². The minimum atomic E-state index is -0.0662. The summed E-state index contributed by atoms with van der Waals surface area (Å²) in [5.41, 5.74) is 7.99. The SMILES string of the molecule is COBN(C)CCB(OCN)c1cc(Cl)cc2c(C)csc12. The maximum Gasteiger partial charge on any atom is 0.363 e. The standard InChI is InChI=1S/C14H21B2ClN2O2S/c1-10-8-22-14-12(10)6-11(17)7-13(14)16(21-9-18)4-5-19(2)15-20-3/h6-8,15H,4-5,9,18H2,1-3H3. The van der Waals surface area contributed by atoms with E-state index in [0.29, 0.717) is 7.62 Å². The summed E-state index contributed by atoms with van der Waals surface area (Å²) in [6, 6.07) is 4.01. The molecule has 8 heteroatoms. The van der Waals surface area contributed by atoms with E-state index < -0.39 is 0 Å². The quantitative estimate of drug-likeness (QED) is 0.589. The summed E-state index contributed by atoms with van der Waals surface area (Å²) in [4.78, 5) is 2.11. The third-order valence-electron chi connectivity index (χ3n) is 3.63. The second-order valence-electron chi connectivity index (χ2n) is 5.40. The van der Waals surface area contributed by atoms with Gasteiger partial charge in [-0.2, -0.15) is 0 Å². The fourth-order valence-corrected chi connectivity index (χ4v) is 3.88. The molecule has 0 amide bonds. The number of hydrogen-bond donors (Lipinski definition) is 1. The Hall–Kier alpha value is -0.560. The Bertz CT molecular complexity index is 626. The number of benzene rings is 1. The molecule has 2 aromatic rings. The largest absolute Gasteiger partial charge is 0.427 e. The van der Waals surface area contributed by atoms with Gasteiger partial charge in [0.15, 0.2) is 0 Å². The molecule has 0 radical (unpaired) electrons. The molecule has 1 aromatic carbocycles. The van der Waals surface area contributed by atoms with Crippen molar-refractivity contribution < 1.29 is 9.31 Å². The predicted molar refractivity (Wildman–Crippen MR) is 98.7 cm³/mol. The lowest BCUT2D eigenvalue weighted by Gasteiger charge is -2.19. The van der Waals surface area contributed by atoms with E-state index in [1.165, 1.54) is 15.6 Å². The zero-order chi connectivity index (χ0) is 16.1. The van der Waals surface area contributed by atoms with Gasteiger partial charge in [0.1, 0.15) is 0 Å². The average molecular weight is 338 g/mol. The molecule has 0 saturated carbocycles. The minimum absolute atomic E-state index is 0.0662. The smallest absolute Gasteiger partial charge is 0.363 e. The molecule has 22 heavy (non-hydrogen) atoms. The number of fused-ring (bicyclic) bond motifs is 1. The number of halogens is 1. The average Bonchev–Trinajstić information content (AvgIpc) is 2.84. The van der Waals surface area contributed by atoms with Crippen LogP contribution in [0.15, 0.2) is 17.5 Å². The van der Waals surface area contributed by atoms with E-state index in [9.17, 15) is 0 Å². The Morgan fingerprint density at radius 2 is 2.23 bits per heavy atom. The van der Waals surface area contributed by atoms with Gasteiger partial charge in [0, 0.05) is 16.8 Å². The predicted octanol–water partition coefficient (Wildman–Crippen LogP) is 1.84. The van der Waals surface area contributed by atoms with E-state index in [1.54, 1.807) is 18.4 Å². The maximum atomic E-state index is 6.30. The van der Waals surface area contributed by atoms with Gasteiger partial charge in [-0.05, 0) is 60.8 Å². The monoisotopic (exact) mass is 338 g/mol. The number of rotatable bonds is 8. The molecule has 0 atom stereocenters. The van der Waals surface area contributed by atoms with E-state index in [1.807, 2.05) is 19.2 Å². The number of thiophene rings is 1. The summed E-state index contributed by atoms with van der Waals surface area (Å²) in [6.45, 7) is 3.08. The van der Waals surface area contributed by atoms with Crippen LogP contribution in [0.3, 0.4) is 0 Å². The molecule has 0 saturated heterocycles. The third kappa shape index (κ3) is 4.25. The molecule has 0 unspecified atom stereocenters. The molecule has 0 fully saturated rings. The highest BCUT2D eigenvalue weighted by Gasteiger charge is 2.23. The second kappa shape index (κ2) is 8.34. The fourth-order valence-electron chi connectivity index (χ4n) is 2.56. The first-order valence-corrected chi connectivity index (χ1v) is 8.49. The summed E-state index contributed by atoms with van der Waals surface area (Å²) in [5, 5.41) is 4.09. The Kier molecular flexibility index (Phi) is 6.74. The van der Waals surface area contributed by atoms with E-state index in [0.717, 1.165) is 23.4 Å². The first-order chi connectivity index (χ1) is 10.6. The molecular formula is C14H21B2ClN2O2S. The molecule has 0 aliphatic heterocycles. The van der Waals surface area contributed by atoms with Crippen LogP contribution in [0.1, 0.15) is 5.56 Å². The Balaban J connectivity index is 2.27. The van der Waals surface area contributed by atoms with Crippen molar-refractivity contribution in [1.29, 1.82) is 0 Å². The highest BCUT2D eigenvalue weighted by atomic mass is 35.5. The molecule has 2 rings (SSSR count).